The lowest BCUT2D eigenvalue weighted by molar-refractivity contribution is 0.475. The highest BCUT2D eigenvalue weighted by Gasteiger charge is 2.01. The van der Waals surface area contributed by atoms with Crippen LogP contribution in [0.3, 0.4) is 0 Å². The van der Waals surface area contributed by atoms with E-state index < -0.39 is 0 Å². The molecule has 0 aliphatic heterocycles. The lowest BCUT2D eigenvalue weighted by Crippen LogP contribution is -1.85. The first-order chi connectivity index (χ1) is 7.16. The van der Waals surface area contributed by atoms with Crippen molar-refractivity contribution in [3.05, 3.63) is 46.6 Å². The van der Waals surface area contributed by atoms with Crippen molar-refractivity contribution in [1.29, 1.82) is 0 Å². The van der Waals surface area contributed by atoms with Gasteiger partial charge in [0.1, 0.15) is 5.75 Å². The summed E-state index contributed by atoms with van der Waals surface area (Å²) in [6, 6.07) is 9.04. The molecule has 76 valence electrons. The maximum absolute atomic E-state index is 9.17. The highest BCUT2D eigenvalue weighted by atomic mass is 79.9. The van der Waals surface area contributed by atoms with Gasteiger partial charge in [-0.2, -0.15) is 0 Å². The van der Waals surface area contributed by atoms with Gasteiger partial charge in [0.25, 0.3) is 0 Å². The highest BCUT2D eigenvalue weighted by Crippen LogP contribution is 2.23. The SMILES string of the molecule is Cc1cc(-c2ccc(O)cc2)ncc1Br. The zero-order valence-electron chi connectivity index (χ0n) is 8.24. The number of halogens is 1. The highest BCUT2D eigenvalue weighted by molar-refractivity contribution is 9.10. The Labute approximate surface area is 96.7 Å². The molecule has 0 aliphatic rings. The average Bonchev–Trinajstić information content (AvgIpc) is 2.23. The van der Waals surface area contributed by atoms with Crippen LogP contribution in [0.25, 0.3) is 11.3 Å². The summed E-state index contributed by atoms with van der Waals surface area (Å²) in [6.45, 7) is 2.02. The predicted octanol–water partition coefficient (Wildman–Crippen LogP) is 3.53. The summed E-state index contributed by atoms with van der Waals surface area (Å²) < 4.78 is 1.00. The first-order valence-electron chi connectivity index (χ1n) is 4.58. The number of phenolic OH excluding ortho intramolecular Hbond substituents is 1. The average molecular weight is 264 g/mol. The van der Waals surface area contributed by atoms with Gasteiger partial charge in [0.2, 0.25) is 0 Å². The van der Waals surface area contributed by atoms with Crippen LogP contribution in [0.15, 0.2) is 41.0 Å². The molecule has 0 saturated carbocycles. The first-order valence-corrected chi connectivity index (χ1v) is 5.37. The summed E-state index contributed by atoms with van der Waals surface area (Å²) in [5.41, 5.74) is 3.06. The van der Waals surface area contributed by atoms with Crippen molar-refractivity contribution >= 4 is 15.9 Å². The molecular formula is C12H10BrNO. The zero-order valence-corrected chi connectivity index (χ0v) is 9.82. The number of benzene rings is 1. The quantitative estimate of drug-likeness (QED) is 0.854. The van der Waals surface area contributed by atoms with Crippen molar-refractivity contribution in [2.75, 3.05) is 0 Å². The smallest absolute Gasteiger partial charge is 0.115 e. The summed E-state index contributed by atoms with van der Waals surface area (Å²) in [4.78, 5) is 4.31. The number of hydrogen-bond donors (Lipinski definition) is 1. The van der Waals surface area contributed by atoms with Crippen molar-refractivity contribution in [3.63, 3.8) is 0 Å². The van der Waals surface area contributed by atoms with Crippen LogP contribution in [0.4, 0.5) is 0 Å². The van der Waals surface area contributed by atoms with E-state index in [4.69, 9.17) is 0 Å². The molecule has 2 rings (SSSR count). The number of aromatic nitrogens is 1. The molecule has 2 aromatic rings. The Balaban J connectivity index is 2.45. The van der Waals surface area contributed by atoms with Gasteiger partial charge < -0.3 is 5.11 Å². The van der Waals surface area contributed by atoms with Gasteiger partial charge in [-0.25, -0.2) is 0 Å². The Hall–Kier alpha value is -1.35. The Kier molecular flexibility index (Phi) is 2.73. The minimum absolute atomic E-state index is 0.271. The van der Waals surface area contributed by atoms with Crippen molar-refractivity contribution in [2.45, 2.75) is 6.92 Å². The van der Waals surface area contributed by atoms with Gasteiger partial charge in [-0.1, -0.05) is 0 Å². The maximum atomic E-state index is 9.17. The summed E-state index contributed by atoms with van der Waals surface area (Å²) >= 11 is 3.41. The third-order valence-corrected chi connectivity index (χ3v) is 3.04. The van der Waals surface area contributed by atoms with Gasteiger partial charge in [0, 0.05) is 16.2 Å². The Morgan fingerprint density at radius 1 is 1.20 bits per heavy atom. The van der Waals surface area contributed by atoms with Gasteiger partial charge in [-0.3, -0.25) is 4.98 Å². The first kappa shape index (κ1) is 10.2. The largest absolute Gasteiger partial charge is 0.508 e. The van der Waals surface area contributed by atoms with Crippen molar-refractivity contribution < 1.29 is 5.11 Å². The van der Waals surface area contributed by atoms with E-state index in [0.29, 0.717) is 0 Å². The molecule has 1 aromatic carbocycles. The third kappa shape index (κ3) is 2.18. The van der Waals surface area contributed by atoms with E-state index in [1.165, 1.54) is 0 Å². The van der Waals surface area contributed by atoms with Crippen LogP contribution in [0.5, 0.6) is 5.75 Å². The van der Waals surface area contributed by atoms with Gasteiger partial charge >= 0.3 is 0 Å². The monoisotopic (exact) mass is 263 g/mol. The maximum Gasteiger partial charge on any atom is 0.115 e. The molecule has 1 N–H and O–H groups in total. The summed E-state index contributed by atoms with van der Waals surface area (Å²) in [5.74, 6) is 0.271. The molecule has 15 heavy (non-hydrogen) atoms. The molecule has 0 saturated heterocycles. The lowest BCUT2D eigenvalue weighted by Gasteiger charge is -2.03. The number of aryl methyl sites for hydroxylation is 1. The fourth-order valence-electron chi connectivity index (χ4n) is 1.33. The van der Waals surface area contributed by atoms with E-state index in [1.54, 1.807) is 18.3 Å². The van der Waals surface area contributed by atoms with Crippen LogP contribution in [-0.4, -0.2) is 10.1 Å². The van der Waals surface area contributed by atoms with Crippen LogP contribution in [0.2, 0.25) is 0 Å². The van der Waals surface area contributed by atoms with Gasteiger partial charge in [0.05, 0.1) is 5.69 Å². The zero-order chi connectivity index (χ0) is 10.8. The standard InChI is InChI=1S/C12H10BrNO/c1-8-6-12(14-7-11(8)13)9-2-4-10(15)5-3-9/h2-7,15H,1H3. The third-order valence-electron chi connectivity index (χ3n) is 2.21. The fourth-order valence-corrected chi connectivity index (χ4v) is 1.55. The number of nitrogens with zero attached hydrogens (tertiary/aromatic N) is 1. The van der Waals surface area contributed by atoms with E-state index in [-0.39, 0.29) is 5.75 Å². The Morgan fingerprint density at radius 3 is 2.47 bits per heavy atom. The number of hydrogen-bond acceptors (Lipinski definition) is 2. The second-order valence-corrected chi connectivity index (χ2v) is 4.22. The lowest BCUT2D eigenvalue weighted by atomic mass is 10.1. The summed E-state index contributed by atoms with van der Waals surface area (Å²) in [6.07, 6.45) is 1.79. The van der Waals surface area contributed by atoms with E-state index in [2.05, 4.69) is 20.9 Å². The van der Waals surface area contributed by atoms with Crippen LogP contribution < -0.4 is 0 Å². The van der Waals surface area contributed by atoms with Crippen molar-refractivity contribution in [2.24, 2.45) is 0 Å². The van der Waals surface area contributed by atoms with E-state index in [0.717, 1.165) is 21.3 Å². The van der Waals surface area contributed by atoms with Crippen LogP contribution in [0.1, 0.15) is 5.56 Å². The molecule has 0 radical (unpaired) electrons. The Morgan fingerprint density at radius 2 is 1.87 bits per heavy atom. The molecule has 0 atom stereocenters. The predicted molar refractivity (Wildman–Crippen MR) is 63.8 cm³/mol. The molecule has 0 amide bonds. The molecular weight excluding hydrogens is 254 g/mol. The van der Waals surface area contributed by atoms with Crippen LogP contribution >= 0.6 is 15.9 Å². The van der Waals surface area contributed by atoms with Crippen LogP contribution in [-0.2, 0) is 0 Å². The van der Waals surface area contributed by atoms with Gasteiger partial charge in [0.15, 0.2) is 0 Å². The number of phenols is 1. The minimum atomic E-state index is 0.271. The second-order valence-electron chi connectivity index (χ2n) is 3.37. The molecule has 0 bridgehead atoms. The second kappa shape index (κ2) is 4.03. The summed E-state index contributed by atoms with van der Waals surface area (Å²) in [7, 11) is 0. The Bertz CT molecular complexity index is 479. The minimum Gasteiger partial charge on any atom is -0.508 e. The normalized spacial score (nSPS) is 10.3. The molecule has 1 heterocycles. The van der Waals surface area contributed by atoms with Crippen molar-refractivity contribution in [1.82, 2.24) is 4.98 Å². The molecule has 0 fully saturated rings. The van der Waals surface area contributed by atoms with Crippen molar-refractivity contribution in [3.8, 4) is 17.0 Å². The topological polar surface area (TPSA) is 33.1 Å². The number of pyridine rings is 1. The van der Waals surface area contributed by atoms with E-state index in [9.17, 15) is 5.11 Å². The fraction of sp³-hybridized carbons (Fsp3) is 0.0833. The molecule has 0 unspecified atom stereocenters. The van der Waals surface area contributed by atoms with Gasteiger partial charge in [-0.05, 0) is 58.7 Å². The molecule has 0 spiro atoms. The molecule has 2 nitrogen and oxygen atoms in total. The molecule has 0 aliphatic carbocycles. The molecule has 3 heteroatoms. The van der Waals surface area contributed by atoms with E-state index in [1.807, 2.05) is 25.1 Å². The van der Waals surface area contributed by atoms with Gasteiger partial charge in [-0.15, -0.1) is 0 Å². The summed E-state index contributed by atoms with van der Waals surface area (Å²) in [5, 5.41) is 9.17. The van der Waals surface area contributed by atoms with Crippen LogP contribution in [0, 0.1) is 6.92 Å². The number of rotatable bonds is 1. The van der Waals surface area contributed by atoms with E-state index >= 15 is 0 Å². The number of aromatic hydroxyl groups is 1. The molecule has 1 aromatic heterocycles.